The van der Waals surface area contributed by atoms with Crippen molar-refractivity contribution in [2.75, 3.05) is 32.1 Å². The summed E-state index contributed by atoms with van der Waals surface area (Å²) in [5.41, 5.74) is 2.46. The maximum Gasteiger partial charge on any atom is 0.413 e. The first-order valence-corrected chi connectivity index (χ1v) is 16.1. The number of piperidine rings is 1. The van der Waals surface area contributed by atoms with Crippen LogP contribution in [-0.2, 0) is 34.3 Å². The highest BCUT2D eigenvalue weighted by Gasteiger charge is 2.31. The smallest absolute Gasteiger partial charge is 0.413 e. The lowest BCUT2D eigenvalue weighted by Crippen LogP contribution is -2.39. The zero-order valence-electron chi connectivity index (χ0n) is 23.6. The highest BCUT2D eigenvalue weighted by atomic mass is 32.2. The van der Waals surface area contributed by atoms with Crippen molar-refractivity contribution in [3.8, 4) is 0 Å². The lowest BCUT2D eigenvalue weighted by Gasteiger charge is -2.30. The Kier molecular flexibility index (Phi) is 9.07. The van der Waals surface area contributed by atoms with Crippen molar-refractivity contribution in [2.45, 2.75) is 44.2 Å². The van der Waals surface area contributed by atoms with E-state index >= 15 is 0 Å². The number of amides is 3. The average molecular weight is 611 g/mol. The van der Waals surface area contributed by atoms with E-state index in [0.717, 1.165) is 29.8 Å². The SMILES string of the molecule is COC(=O)NC(=O)c1c(NC(=O)c2ccc(S(=O)(=O)N3CCCC(C)C3)cc2)sc2c1CCN(Cc1ccccc1)C2. The molecule has 0 radical (unpaired) electrons. The molecule has 1 saturated heterocycles. The van der Waals surface area contributed by atoms with Gasteiger partial charge in [-0.25, -0.2) is 13.2 Å². The van der Waals surface area contributed by atoms with Crippen LogP contribution in [0.2, 0.25) is 0 Å². The van der Waals surface area contributed by atoms with Crippen molar-refractivity contribution in [3.05, 3.63) is 81.7 Å². The predicted octanol–water partition coefficient (Wildman–Crippen LogP) is 4.48. The third kappa shape index (κ3) is 6.57. The molecule has 222 valence electrons. The number of imide groups is 1. The molecule has 3 amide bonds. The number of hydrogen-bond donors (Lipinski definition) is 2. The van der Waals surface area contributed by atoms with E-state index in [1.807, 2.05) is 25.1 Å². The number of nitrogens with zero attached hydrogens (tertiary/aromatic N) is 2. The number of benzene rings is 2. The first kappa shape index (κ1) is 29.9. The van der Waals surface area contributed by atoms with Gasteiger partial charge in [-0.15, -0.1) is 11.3 Å². The van der Waals surface area contributed by atoms with E-state index in [4.69, 9.17) is 0 Å². The van der Waals surface area contributed by atoms with Crippen LogP contribution in [0.4, 0.5) is 9.80 Å². The second-order valence-corrected chi connectivity index (χ2v) is 13.7. The highest BCUT2D eigenvalue weighted by molar-refractivity contribution is 7.89. The van der Waals surface area contributed by atoms with E-state index < -0.39 is 27.9 Å². The van der Waals surface area contributed by atoms with Gasteiger partial charge in [0.05, 0.1) is 17.6 Å². The van der Waals surface area contributed by atoms with E-state index in [0.29, 0.717) is 43.5 Å². The molecule has 1 atom stereocenters. The summed E-state index contributed by atoms with van der Waals surface area (Å²) >= 11 is 1.30. The molecular formula is C30H34N4O6S2. The maximum atomic E-state index is 13.3. The summed E-state index contributed by atoms with van der Waals surface area (Å²) < 4.78 is 32.4. The number of alkyl carbamates (subject to hydrolysis) is 1. The number of anilines is 1. The third-order valence-electron chi connectivity index (χ3n) is 7.61. The Morgan fingerprint density at radius 2 is 1.76 bits per heavy atom. The van der Waals surface area contributed by atoms with E-state index in [1.54, 1.807) is 0 Å². The first-order valence-electron chi connectivity index (χ1n) is 13.9. The van der Waals surface area contributed by atoms with E-state index in [-0.39, 0.29) is 16.0 Å². The minimum Gasteiger partial charge on any atom is -0.453 e. The molecule has 1 unspecified atom stereocenters. The van der Waals surface area contributed by atoms with Crippen LogP contribution in [0.25, 0.3) is 0 Å². The van der Waals surface area contributed by atoms with Crippen molar-refractivity contribution in [1.82, 2.24) is 14.5 Å². The Morgan fingerprint density at radius 1 is 1.02 bits per heavy atom. The van der Waals surface area contributed by atoms with Crippen LogP contribution in [0.1, 0.15) is 56.5 Å². The van der Waals surface area contributed by atoms with E-state index in [1.165, 1.54) is 52.6 Å². The largest absolute Gasteiger partial charge is 0.453 e. The van der Waals surface area contributed by atoms with Gasteiger partial charge in [0.1, 0.15) is 5.00 Å². The molecule has 2 aromatic carbocycles. The van der Waals surface area contributed by atoms with Gasteiger partial charge in [-0.2, -0.15) is 4.31 Å². The third-order valence-corrected chi connectivity index (χ3v) is 10.6. The van der Waals surface area contributed by atoms with E-state index in [9.17, 15) is 22.8 Å². The van der Waals surface area contributed by atoms with Crippen LogP contribution >= 0.6 is 11.3 Å². The quantitative estimate of drug-likeness (QED) is 0.404. The summed E-state index contributed by atoms with van der Waals surface area (Å²) in [4.78, 5) is 41.6. The molecule has 2 aliphatic rings. The number of carbonyl (C=O) groups is 3. The molecule has 1 fully saturated rings. The van der Waals surface area contributed by atoms with Gasteiger partial charge in [-0.1, -0.05) is 37.3 Å². The first-order chi connectivity index (χ1) is 20.2. The molecule has 3 heterocycles. The second kappa shape index (κ2) is 12.7. The molecule has 0 bridgehead atoms. The van der Waals surface area contributed by atoms with Crippen LogP contribution < -0.4 is 10.6 Å². The number of fused-ring (bicyclic) bond motifs is 1. The fourth-order valence-electron chi connectivity index (χ4n) is 5.43. The number of nitrogens with one attached hydrogen (secondary N) is 2. The fraction of sp³-hybridized carbons (Fsp3) is 0.367. The zero-order chi connectivity index (χ0) is 29.9. The molecule has 3 aromatic rings. The Labute approximate surface area is 249 Å². The zero-order valence-corrected chi connectivity index (χ0v) is 25.2. The normalized spacial score (nSPS) is 17.7. The number of methoxy groups -OCH3 is 1. The molecule has 12 heteroatoms. The van der Waals surface area contributed by atoms with Gasteiger partial charge in [0.25, 0.3) is 11.8 Å². The molecule has 10 nitrogen and oxygen atoms in total. The lowest BCUT2D eigenvalue weighted by atomic mass is 10.0. The molecule has 42 heavy (non-hydrogen) atoms. The summed E-state index contributed by atoms with van der Waals surface area (Å²) in [6.45, 7) is 5.04. The fourth-order valence-corrected chi connectivity index (χ4v) is 8.32. The maximum absolute atomic E-state index is 13.3. The standard InChI is InChI=1S/C30H34N4O6S2/c1-20-7-6-15-34(17-20)42(38,39)23-12-10-22(11-13-23)27(35)31-29-26(28(36)32-30(37)40-2)24-14-16-33(19-25(24)41-29)18-21-8-4-3-5-9-21/h3-5,8-13,20H,6-7,14-19H2,1-2H3,(H,31,35)(H,32,36,37). The second-order valence-electron chi connectivity index (χ2n) is 10.7. The topological polar surface area (TPSA) is 125 Å². The van der Waals surface area contributed by atoms with Gasteiger partial charge >= 0.3 is 6.09 Å². The van der Waals surface area contributed by atoms with Gasteiger partial charge in [0.15, 0.2) is 0 Å². The van der Waals surface area contributed by atoms with Gasteiger partial charge < -0.3 is 10.1 Å². The minimum absolute atomic E-state index is 0.136. The van der Waals surface area contributed by atoms with Crippen molar-refractivity contribution < 1.29 is 27.5 Å². The van der Waals surface area contributed by atoms with Gasteiger partial charge in [-0.05, 0) is 60.6 Å². The molecule has 0 aliphatic carbocycles. The van der Waals surface area contributed by atoms with Crippen LogP contribution in [0.15, 0.2) is 59.5 Å². The lowest BCUT2D eigenvalue weighted by molar-refractivity contribution is 0.0936. The monoisotopic (exact) mass is 610 g/mol. The summed E-state index contributed by atoms with van der Waals surface area (Å²) in [7, 11) is -2.48. The van der Waals surface area contributed by atoms with Crippen LogP contribution in [-0.4, -0.2) is 62.3 Å². The summed E-state index contributed by atoms with van der Waals surface area (Å²) in [5.74, 6) is -0.841. The predicted molar refractivity (Wildman–Crippen MR) is 160 cm³/mol. The van der Waals surface area contributed by atoms with Gasteiger partial charge in [0, 0.05) is 43.2 Å². The van der Waals surface area contributed by atoms with E-state index in [2.05, 4.69) is 32.4 Å². The number of ether oxygens (including phenoxy) is 1. The number of carbonyl (C=O) groups excluding carboxylic acids is 3. The highest BCUT2D eigenvalue weighted by Crippen LogP contribution is 2.38. The van der Waals surface area contributed by atoms with Crippen LogP contribution in [0.3, 0.4) is 0 Å². The summed E-state index contributed by atoms with van der Waals surface area (Å²) in [6, 6.07) is 15.9. The number of rotatable bonds is 7. The van der Waals surface area contributed by atoms with Crippen molar-refractivity contribution in [1.29, 1.82) is 0 Å². The molecule has 0 saturated carbocycles. The van der Waals surface area contributed by atoms with Crippen LogP contribution in [0.5, 0.6) is 0 Å². The Bertz CT molecular complexity index is 1570. The summed E-state index contributed by atoms with van der Waals surface area (Å²) in [5, 5.41) is 5.38. The molecular weight excluding hydrogens is 576 g/mol. The number of thiophene rings is 1. The number of sulfonamides is 1. The molecule has 0 spiro atoms. The van der Waals surface area contributed by atoms with Crippen molar-refractivity contribution in [3.63, 3.8) is 0 Å². The molecule has 2 N–H and O–H groups in total. The van der Waals surface area contributed by atoms with Crippen LogP contribution in [0, 0.1) is 5.92 Å². The minimum atomic E-state index is -3.66. The summed E-state index contributed by atoms with van der Waals surface area (Å²) in [6.07, 6.45) is 1.50. The van der Waals surface area contributed by atoms with Crippen molar-refractivity contribution >= 4 is 44.3 Å². The van der Waals surface area contributed by atoms with Gasteiger partial charge in [-0.3, -0.25) is 19.8 Å². The molecule has 1 aromatic heterocycles. The molecule has 5 rings (SSSR count). The van der Waals surface area contributed by atoms with Gasteiger partial charge in [0.2, 0.25) is 10.0 Å². The number of hydrogen-bond acceptors (Lipinski definition) is 8. The average Bonchev–Trinajstić information content (AvgIpc) is 3.34. The van der Waals surface area contributed by atoms with Crippen molar-refractivity contribution in [2.24, 2.45) is 5.92 Å². The Hall–Kier alpha value is -3.58. The Balaban J connectivity index is 1.36. The Morgan fingerprint density at radius 3 is 2.45 bits per heavy atom. The molecule has 2 aliphatic heterocycles.